The first kappa shape index (κ1) is 5.74. The molecule has 0 saturated carbocycles. The second-order valence-electron chi connectivity index (χ2n) is 1.58. The van der Waals surface area contributed by atoms with E-state index in [0.717, 1.165) is 0 Å². The van der Waals surface area contributed by atoms with E-state index in [1.54, 1.807) is 7.05 Å². The zero-order valence-electron chi connectivity index (χ0n) is 4.90. The number of nitrogens with zero attached hydrogens (tertiary/aromatic N) is 3. The Morgan fingerprint density at radius 1 is 1.89 bits per heavy atom. The van der Waals surface area contributed by atoms with E-state index in [4.69, 9.17) is 5.73 Å². The molecule has 2 N–H and O–H groups in total. The molecule has 0 aliphatic heterocycles. The van der Waals surface area contributed by atoms with Gasteiger partial charge in [-0.1, -0.05) is 0 Å². The molecule has 1 rings (SSSR count). The van der Waals surface area contributed by atoms with E-state index in [9.17, 15) is 4.79 Å². The van der Waals surface area contributed by atoms with Crippen molar-refractivity contribution in [2.45, 2.75) is 0 Å². The standard InChI is InChI=1S/C4H6N4O/c1-8-6-2-3(7-8)4(5)9/h2H,1H3,(H2,5,9). The van der Waals surface area contributed by atoms with Gasteiger partial charge in [-0.3, -0.25) is 4.79 Å². The molecule has 0 bridgehead atoms. The second kappa shape index (κ2) is 1.85. The first-order chi connectivity index (χ1) is 4.20. The summed E-state index contributed by atoms with van der Waals surface area (Å²) in [6.07, 6.45) is 1.32. The summed E-state index contributed by atoms with van der Waals surface area (Å²) in [6, 6.07) is 0. The molecule has 0 saturated heterocycles. The van der Waals surface area contributed by atoms with Crippen LogP contribution in [0.2, 0.25) is 0 Å². The predicted octanol–water partition coefficient (Wildman–Crippen LogP) is -1.09. The van der Waals surface area contributed by atoms with Crippen molar-refractivity contribution in [3.05, 3.63) is 11.9 Å². The lowest BCUT2D eigenvalue weighted by molar-refractivity contribution is 0.0995. The van der Waals surface area contributed by atoms with Crippen molar-refractivity contribution >= 4 is 5.91 Å². The van der Waals surface area contributed by atoms with E-state index in [1.165, 1.54) is 11.0 Å². The van der Waals surface area contributed by atoms with Gasteiger partial charge in [-0.2, -0.15) is 9.90 Å². The van der Waals surface area contributed by atoms with Gasteiger partial charge in [0.05, 0.1) is 6.20 Å². The van der Waals surface area contributed by atoms with Crippen molar-refractivity contribution in [3.63, 3.8) is 0 Å². The molecular formula is C4H6N4O. The highest BCUT2D eigenvalue weighted by Crippen LogP contribution is 1.85. The summed E-state index contributed by atoms with van der Waals surface area (Å²) in [5, 5.41) is 7.28. The fraction of sp³-hybridized carbons (Fsp3) is 0.250. The van der Waals surface area contributed by atoms with Crippen LogP contribution in [0.3, 0.4) is 0 Å². The van der Waals surface area contributed by atoms with E-state index in [0.29, 0.717) is 0 Å². The number of rotatable bonds is 1. The van der Waals surface area contributed by atoms with Gasteiger partial charge in [0, 0.05) is 7.05 Å². The summed E-state index contributed by atoms with van der Waals surface area (Å²) in [6.45, 7) is 0. The van der Waals surface area contributed by atoms with Gasteiger partial charge in [0.2, 0.25) is 0 Å². The Morgan fingerprint density at radius 3 is 2.78 bits per heavy atom. The molecule has 0 aliphatic rings. The molecule has 0 aliphatic carbocycles. The lowest BCUT2D eigenvalue weighted by atomic mass is 10.5. The van der Waals surface area contributed by atoms with E-state index < -0.39 is 5.91 Å². The monoisotopic (exact) mass is 126 g/mol. The lowest BCUT2D eigenvalue weighted by Gasteiger charge is -1.81. The summed E-state index contributed by atoms with van der Waals surface area (Å²) >= 11 is 0. The molecule has 0 atom stereocenters. The summed E-state index contributed by atoms with van der Waals surface area (Å²) < 4.78 is 0. The van der Waals surface area contributed by atoms with E-state index >= 15 is 0 Å². The molecule has 0 radical (unpaired) electrons. The summed E-state index contributed by atoms with van der Waals surface area (Å²) in [5.74, 6) is -0.553. The summed E-state index contributed by atoms with van der Waals surface area (Å²) in [4.78, 5) is 11.6. The van der Waals surface area contributed by atoms with Crippen molar-refractivity contribution in [2.24, 2.45) is 12.8 Å². The maximum absolute atomic E-state index is 10.3. The van der Waals surface area contributed by atoms with Gasteiger partial charge in [0.25, 0.3) is 5.91 Å². The molecule has 1 aromatic heterocycles. The third-order valence-corrected chi connectivity index (χ3v) is 0.852. The minimum Gasteiger partial charge on any atom is -0.364 e. The van der Waals surface area contributed by atoms with Crippen molar-refractivity contribution in [3.8, 4) is 0 Å². The SMILES string of the molecule is Cn1ncc(C(N)=O)n1. The Bertz CT molecular complexity index is 228. The lowest BCUT2D eigenvalue weighted by Crippen LogP contribution is -2.11. The van der Waals surface area contributed by atoms with Crippen LogP contribution >= 0.6 is 0 Å². The highest BCUT2D eigenvalue weighted by Gasteiger charge is 2.01. The molecule has 1 amide bonds. The van der Waals surface area contributed by atoms with Gasteiger partial charge in [-0.15, -0.1) is 5.10 Å². The number of carbonyl (C=O) groups is 1. The summed E-state index contributed by atoms with van der Waals surface area (Å²) in [5.41, 5.74) is 5.06. The topological polar surface area (TPSA) is 73.8 Å². The van der Waals surface area contributed by atoms with Gasteiger partial charge >= 0.3 is 0 Å². The minimum absolute atomic E-state index is 0.192. The molecule has 48 valence electrons. The Labute approximate surface area is 51.5 Å². The quantitative estimate of drug-likeness (QED) is 0.519. The van der Waals surface area contributed by atoms with Crippen molar-refractivity contribution in [2.75, 3.05) is 0 Å². The molecule has 1 heterocycles. The average Bonchev–Trinajstić information content (AvgIpc) is 2.14. The fourth-order valence-corrected chi connectivity index (χ4v) is 0.459. The van der Waals surface area contributed by atoms with Crippen molar-refractivity contribution < 1.29 is 4.79 Å². The first-order valence-electron chi connectivity index (χ1n) is 2.36. The Morgan fingerprint density at radius 2 is 2.56 bits per heavy atom. The molecule has 0 spiro atoms. The molecule has 5 nitrogen and oxygen atoms in total. The second-order valence-corrected chi connectivity index (χ2v) is 1.58. The minimum atomic E-state index is -0.553. The van der Waals surface area contributed by atoms with Gasteiger partial charge in [-0.25, -0.2) is 0 Å². The van der Waals surface area contributed by atoms with Crippen LogP contribution in [0, 0.1) is 0 Å². The van der Waals surface area contributed by atoms with Crippen molar-refractivity contribution in [1.82, 2.24) is 15.0 Å². The van der Waals surface area contributed by atoms with Crippen LogP contribution in [0.5, 0.6) is 0 Å². The number of aromatic nitrogens is 3. The first-order valence-corrected chi connectivity index (χ1v) is 2.36. The molecular weight excluding hydrogens is 120 g/mol. The van der Waals surface area contributed by atoms with Crippen LogP contribution in [-0.4, -0.2) is 20.9 Å². The Kier molecular flexibility index (Phi) is 1.18. The molecule has 5 heteroatoms. The maximum Gasteiger partial charge on any atom is 0.270 e. The van der Waals surface area contributed by atoms with Crippen LogP contribution in [0.4, 0.5) is 0 Å². The zero-order valence-corrected chi connectivity index (χ0v) is 4.90. The highest BCUT2D eigenvalue weighted by molar-refractivity contribution is 5.90. The third-order valence-electron chi connectivity index (χ3n) is 0.852. The number of primary amides is 1. The van der Waals surface area contributed by atoms with Gasteiger partial charge in [0.15, 0.2) is 5.69 Å². The van der Waals surface area contributed by atoms with Gasteiger partial charge in [-0.05, 0) is 0 Å². The van der Waals surface area contributed by atoms with Gasteiger partial charge < -0.3 is 5.73 Å². The molecule has 9 heavy (non-hydrogen) atoms. The van der Waals surface area contributed by atoms with Crippen LogP contribution in [0.25, 0.3) is 0 Å². The third kappa shape index (κ3) is 1.04. The average molecular weight is 126 g/mol. The number of hydrogen-bond acceptors (Lipinski definition) is 3. The summed E-state index contributed by atoms with van der Waals surface area (Å²) in [7, 11) is 1.62. The fourth-order valence-electron chi connectivity index (χ4n) is 0.459. The van der Waals surface area contributed by atoms with Gasteiger partial charge in [0.1, 0.15) is 0 Å². The number of aryl methyl sites for hydroxylation is 1. The predicted molar refractivity (Wildman–Crippen MR) is 29.5 cm³/mol. The van der Waals surface area contributed by atoms with E-state index in [1.807, 2.05) is 0 Å². The van der Waals surface area contributed by atoms with E-state index in [-0.39, 0.29) is 5.69 Å². The smallest absolute Gasteiger partial charge is 0.270 e. The molecule has 0 aromatic carbocycles. The normalized spacial score (nSPS) is 9.44. The largest absolute Gasteiger partial charge is 0.364 e. The zero-order chi connectivity index (χ0) is 6.85. The van der Waals surface area contributed by atoms with Crippen LogP contribution in [-0.2, 0) is 7.05 Å². The number of hydrogen-bond donors (Lipinski definition) is 1. The van der Waals surface area contributed by atoms with Crippen molar-refractivity contribution in [1.29, 1.82) is 0 Å². The Balaban J connectivity index is 2.98. The number of carbonyl (C=O) groups excluding carboxylic acids is 1. The van der Waals surface area contributed by atoms with Crippen LogP contribution in [0.15, 0.2) is 6.20 Å². The highest BCUT2D eigenvalue weighted by atomic mass is 16.1. The molecule has 0 fully saturated rings. The van der Waals surface area contributed by atoms with Crippen LogP contribution < -0.4 is 5.73 Å². The molecule has 0 unspecified atom stereocenters. The van der Waals surface area contributed by atoms with Crippen LogP contribution in [0.1, 0.15) is 10.5 Å². The maximum atomic E-state index is 10.3. The number of nitrogens with two attached hydrogens (primary N) is 1. The van der Waals surface area contributed by atoms with E-state index in [2.05, 4.69) is 10.2 Å². The Hall–Kier alpha value is -1.39. The molecule has 1 aromatic rings. The number of amides is 1.